The molecule has 0 radical (unpaired) electrons. The monoisotopic (exact) mass is 208 g/mol. The Kier molecular flexibility index (Phi) is 1.66. The summed E-state index contributed by atoms with van der Waals surface area (Å²) in [6, 6.07) is 1.61. The molecule has 0 bridgehead atoms. The predicted octanol–water partition coefficient (Wildman–Crippen LogP) is -0.566. The van der Waals surface area contributed by atoms with Gasteiger partial charge in [-0.3, -0.25) is 9.88 Å². The van der Waals surface area contributed by atoms with Crippen molar-refractivity contribution in [1.82, 2.24) is 14.9 Å². The molecular weight excluding hydrogens is 196 g/mol. The molecule has 15 heavy (non-hydrogen) atoms. The molecule has 0 amide bonds. The van der Waals surface area contributed by atoms with Crippen LogP contribution < -0.4 is 16.7 Å². The van der Waals surface area contributed by atoms with Crippen molar-refractivity contribution in [2.24, 2.45) is 0 Å². The third-order valence-corrected chi connectivity index (χ3v) is 2.89. The van der Waals surface area contributed by atoms with Gasteiger partial charge in [-0.2, -0.15) is 4.98 Å². The molecule has 2 atom stereocenters. The number of nitrogen functional groups attached to an aromatic ring is 1. The molecule has 2 aliphatic rings. The summed E-state index contributed by atoms with van der Waals surface area (Å²) in [5.41, 5.74) is 4.90. The molecule has 2 saturated heterocycles. The van der Waals surface area contributed by atoms with Crippen LogP contribution >= 0.6 is 0 Å². The largest absolute Gasteiger partial charge is 0.383 e. The fourth-order valence-electron chi connectivity index (χ4n) is 1.93. The second-order valence-corrected chi connectivity index (χ2v) is 4.00. The maximum atomic E-state index is 11.5. The average Bonchev–Trinajstić information content (AvgIpc) is 2.79. The van der Waals surface area contributed by atoms with E-state index in [-0.39, 0.29) is 23.5 Å². The molecular formula is C9H12N4O2. The standard InChI is InChI=1S/C9H12N4O2/c10-6-2-4-13(8(14)12-6)7-1-3-9(15-7)5-11-9/h2,4,7,11H,1,3,5H2,(H2,10,12,14). The Labute approximate surface area is 86.1 Å². The summed E-state index contributed by atoms with van der Waals surface area (Å²) in [6.07, 6.45) is 3.20. The summed E-state index contributed by atoms with van der Waals surface area (Å²) in [5, 5.41) is 3.16. The number of nitrogens with zero attached hydrogens (tertiary/aromatic N) is 2. The smallest absolute Gasteiger partial charge is 0.351 e. The summed E-state index contributed by atoms with van der Waals surface area (Å²) in [7, 11) is 0. The average molecular weight is 208 g/mol. The van der Waals surface area contributed by atoms with E-state index in [1.165, 1.54) is 4.57 Å². The lowest BCUT2D eigenvalue weighted by Crippen LogP contribution is -2.28. The van der Waals surface area contributed by atoms with E-state index in [0.29, 0.717) is 0 Å². The zero-order valence-corrected chi connectivity index (χ0v) is 8.14. The van der Waals surface area contributed by atoms with Crippen molar-refractivity contribution in [1.29, 1.82) is 0 Å². The van der Waals surface area contributed by atoms with Crippen molar-refractivity contribution in [3.8, 4) is 0 Å². The van der Waals surface area contributed by atoms with E-state index >= 15 is 0 Å². The molecule has 2 aliphatic heterocycles. The zero-order chi connectivity index (χ0) is 10.5. The van der Waals surface area contributed by atoms with E-state index in [2.05, 4.69) is 10.3 Å². The number of nitrogens with one attached hydrogen (secondary N) is 1. The van der Waals surface area contributed by atoms with E-state index < -0.39 is 0 Å². The number of ether oxygens (including phenoxy) is 1. The van der Waals surface area contributed by atoms with Crippen LogP contribution in [0.3, 0.4) is 0 Å². The van der Waals surface area contributed by atoms with Gasteiger partial charge in [-0.15, -0.1) is 0 Å². The minimum Gasteiger partial charge on any atom is -0.383 e. The fourth-order valence-corrected chi connectivity index (χ4v) is 1.93. The van der Waals surface area contributed by atoms with Gasteiger partial charge in [-0.05, 0) is 18.9 Å². The summed E-state index contributed by atoms with van der Waals surface area (Å²) >= 11 is 0. The van der Waals surface area contributed by atoms with E-state index in [0.717, 1.165) is 19.4 Å². The molecule has 2 fully saturated rings. The Morgan fingerprint density at radius 1 is 1.73 bits per heavy atom. The number of anilines is 1. The van der Waals surface area contributed by atoms with E-state index in [4.69, 9.17) is 10.5 Å². The van der Waals surface area contributed by atoms with Crippen LogP contribution in [-0.2, 0) is 4.74 Å². The highest BCUT2D eigenvalue weighted by Crippen LogP contribution is 2.39. The lowest BCUT2D eigenvalue weighted by molar-refractivity contribution is -0.0178. The second-order valence-electron chi connectivity index (χ2n) is 4.00. The highest BCUT2D eigenvalue weighted by Gasteiger charge is 2.50. The molecule has 3 heterocycles. The minimum atomic E-state index is -0.349. The molecule has 1 aromatic rings. The molecule has 2 unspecified atom stereocenters. The Bertz CT molecular complexity index is 452. The first kappa shape index (κ1) is 8.87. The van der Waals surface area contributed by atoms with Crippen LogP contribution in [0, 0.1) is 0 Å². The molecule has 0 saturated carbocycles. The molecule has 0 aromatic carbocycles. The first-order chi connectivity index (χ1) is 7.19. The SMILES string of the molecule is Nc1ccn(C2CCC3(CN3)O2)c(=O)n1. The molecule has 80 valence electrons. The van der Waals surface area contributed by atoms with Crippen molar-refractivity contribution in [2.45, 2.75) is 24.8 Å². The minimum absolute atomic E-state index is 0.161. The molecule has 1 spiro atoms. The van der Waals surface area contributed by atoms with Crippen LogP contribution in [0.5, 0.6) is 0 Å². The third-order valence-electron chi connectivity index (χ3n) is 2.89. The highest BCUT2D eigenvalue weighted by atomic mass is 16.6. The number of rotatable bonds is 1. The van der Waals surface area contributed by atoms with Crippen molar-refractivity contribution < 1.29 is 4.74 Å². The molecule has 3 rings (SSSR count). The van der Waals surface area contributed by atoms with E-state index in [1.54, 1.807) is 12.3 Å². The van der Waals surface area contributed by atoms with E-state index in [1.807, 2.05) is 0 Å². The lowest BCUT2D eigenvalue weighted by atomic mass is 10.2. The zero-order valence-electron chi connectivity index (χ0n) is 8.14. The second kappa shape index (κ2) is 2.80. The van der Waals surface area contributed by atoms with Gasteiger partial charge in [0.05, 0.1) is 0 Å². The quantitative estimate of drug-likeness (QED) is 0.603. The Balaban J connectivity index is 1.90. The molecule has 6 heteroatoms. The summed E-state index contributed by atoms with van der Waals surface area (Å²) in [6.45, 7) is 0.876. The number of hydrogen-bond acceptors (Lipinski definition) is 5. The van der Waals surface area contributed by atoms with E-state index in [9.17, 15) is 4.79 Å². The molecule has 1 aromatic heterocycles. The first-order valence-electron chi connectivity index (χ1n) is 4.96. The summed E-state index contributed by atoms with van der Waals surface area (Å²) < 4.78 is 7.23. The third kappa shape index (κ3) is 1.42. The summed E-state index contributed by atoms with van der Waals surface area (Å²) in [5.74, 6) is 0.244. The van der Waals surface area contributed by atoms with Crippen molar-refractivity contribution in [3.05, 3.63) is 22.7 Å². The van der Waals surface area contributed by atoms with Crippen LogP contribution in [0.25, 0.3) is 0 Å². The van der Waals surface area contributed by atoms with Crippen LogP contribution in [0.4, 0.5) is 5.82 Å². The van der Waals surface area contributed by atoms with Crippen molar-refractivity contribution in [3.63, 3.8) is 0 Å². The first-order valence-corrected chi connectivity index (χ1v) is 4.96. The Morgan fingerprint density at radius 3 is 3.13 bits per heavy atom. The topological polar surface area (TPSA) is 92.1 Å². The Morgan fingerprint density at radius 2 is 2.53 bits per heavy atom. The van der Waals surface area contributed by atoms with Crippen LogP contribution in [0.1, 0.15) is 19.1 Å². The van der Waals surface area contributed by atoms with Gasteiger partial charge in [-0.25, -0.2) is 4.79 Å². The predicted molar refractivity (Wildman–Crippen MR) is 53.0 cm³/mol. The Hall–Kier alpha value is -1.40. The van der Waals surface area contributed by atoms with Gasteiger partial charge in [0.25, 0.3) is 0 Å². The van der Waals surface area contributed by atoms with Crippen LogP contribution in [-0.4, -0.2) is 21.8 Å². The van der Waals surface area contributed by atoms with Crippen molar-refractivity contribution >= 4 is 5.82 Å². The number of hydrogen-bond donors (Lipinski definition) is 2. The van der Waals surface area contributed by atoms with Gasteiger partial charge in [0, 0.05) is 12.7 Å². The van der Waals surface area contributed by atoms with Crippen molar-refractivity contribution in [2.75, 3.05) is 12.3 Å². The maximum absolute atomic E-state index is 11.5. The highest BCUT2D eigenvalue weighted by molar-refractivity contribution is 5.23. The van der Waals surface area contributed by atoms with Gasteiger partial charge in [0.2, 0.25) is 0 Å². The van der Waals surface area contributed by atoms with Gasteiger partial charge in [0.1, 0.15) is 17.8 Å². The molecule has 0 aliphatic carbocycles. The molecule has 3 N–H and O–H groups in total. The van der Waals surface area contributed by atoms with Crippen LogP contribution in [0.15, 0.2) is 17.1 Å². The van der Waals surface area contributed by atoms with Gasteiger partial charge < -0.3 is 10.5 Å². The van der Waals surface area contributed by atoms with Gasteiger partial charge in [0.15, 0.2) is 0 Å². The van der Waals surface area contributed by atoms with Gasteiger partial charge >= 0.3 is 5.69 Å². The number of aromatic nitrogens is 2. The lowest BCUT2D eigenvalue weighted by Gasteiger charge is -2.13. The number of nitrogens with two attached hydrogens (primary N) is 1. The fraction of sp³-hybridized carbons (Fsp3) is 0.556. The maximum Gasteiger partial charge on any atom is 0.351 e. The molecule has 6 nitrogen and oxygen atoms in total. The normalized spacial score (nSPS) is 33.5. The van der Waals surface area contributed by atoms with Crippen LogP contribution in [0.2, 0.25) is 0 Å². The van der Waals surface area contributed by atoms with Gasteiger partial charge in [-0.1, -0.05) is 0 Å². The summed E-state index contributed by atoms with van der Waals surface area (Å²) in [4.78, 5) is 15.2.